The number of fused-ring (bicyclic) bond motifs is 1. The van der Waals surface area contributed by atoms with Gasteiger partial charge in [-0.2, -0.15) is 0 Å². The summed E-state index contributed by atoms with van der Waals surface area (Å²) in [7, 11) is 1.68. The molecular weight excluding hydrogens is 382 g/mol. The molecule has 0 aliphatic heterocycles. The van der Waals surface area contributed by atoms with Crippen molar-refractivity contribution in [3.05, 3.63) is 46.4 Å². The van der Waals surface area contributed by atoms with Crippen LogP contribution in [0.25, 0.3) is 22.0 Å². The number of carbonyl (C=O) groups excluding carboxylic acids is 2. The van der Waals surface area contributed by atoms with Gasteiger partial charge in [-0.3, -0.25) is 14.4 Å². The van der Waals surface area contributed by atoms with E-state index in [1.54, 1.807) is 32.3 Å². The van der Waals surface area contributed by atoms with E-state index in [2.05, 4.69) is 20.3 Å². The standard InChI is InChI=1S/C22H23N5O3/c1-4-5-18(28)20-24-11-16(12(2)25-20)15-8-14-10-23-19(26-21(29)13-6-7-13)9-17(14)27(3)22(15)30/h8-11,13H,4-7H2,1-3H3,(H,23,26,29). The van der Waals surface area contributed by atoms with E-state index < -0.39 is 0 Å². The predicted molar refractivity (Wildman–Crippen MR) is 113 cm³/mol. The summed E-state index contributed by atoms with van der Waals surface area (Å²) in [5.41, 5.74) is 2.04. The van der Waals surface area contributed by atoms with Gasteiger partial charge in [0.1, 0.15) is 5.82 Å². The Morgan fingerprint density at radius 3 is 2.60 bits per heavy atom. The average Bonchev–Trinajstić information content (AvgIpc) is 3.57. The zero-order valence-corrected chi connectivity index (χ0v) is 17.2. The first-order valence-corrected chi connectivity index (χ1v) is 10.1. The number of ketones is 1. The summed E-state index contributed by atoms with van der Waals surface area (Å²) in [4.78, 5) is 49.9. The van der Waals surface area contributed by atoms with Crippen LogP contribution in [-0.4, -0.2) is 31.2 Å². The number of aryl methyl sites for hydroxylation is 2. The molecular formula is C22H23N5O3. The van der Waals surface area contributed by atoms with Crippen LogP contribution in [0.15, 0.2) is 29.3 Å². The Hall–Kier alpha value is -3.42. The summed E-state index contributed by atoms with van der Waals surface area (Å²) in [5.74, 6) is 0.537. The van der Waals surface area contributed by atoms with Crippen LogP contribution in [0.5, 0.6) is 0 Å². The maximum atomic E-state index is 13.0. The predicted octanol–water partition coefficient (Wildman–Crippen LogP) is 3.03. The van der Waals surface area contributed by atoms with Crippen LogP contribution in [0.4, 0.5) is 5.82 Å². The molecule has 3 heterocycles. The molecule has 0 unspecified atom stereocenters. The lowest BCUT2D eigenvalue weighted by Gasteiger charge is -2.12. The van der Waals surface area contributed by atoms with E-state index in [0.717, 1.165) is 24.6 Å². The molecule has 3 aromatic heterocycles. The van der Waals surface area contributed by atoms with Crippen molar-refractivity contribution >= 4 is 28.4 Å². The molecule has 0 atom stereocenters. The van der Waals surface area contributed by atoms with Gasteiger partial charge in [-0.1, -0.05) is 6.92 Å². The van der Waals surface area contributed by atoms with E-state index in [9.17, 15) is 14.4 Å². The van der Waals surface area contributed by atoms with Gasteiger partial charge in [0.05, 0.1) is 11.1 Å². The van der Waals surface area contributed by atoms with Crippen LogP contribution >= 0.6 is 0 Å². The highest BCUT2D eigenvalue weighted by molar-refractivity contribution is 5.95. The van der Waals surface area contributed by atoms with E-state index in [-0.39, 0.29) is 29.0 Å². The van der Waals surface area contributed by atoms with Crippen molar-refractivity contribution in [3.8, 4) is 11.1 Å². The topological polar surface area (TPSA) is 107 Å². The first-order chi connectivity index (χ1) is 14.4. The number of nitrogens with zero attached hydrogens (tertiary/aromatic N) is 4. The van der Waals surface area contributed by atoms with Gasteiger partial charge >= 0.3 is 0 Å². The zero-order valence-electron chi connectivity index (χ0n) is 17.2. The van der Waals surface area contributed by atoms with Crippen LogP contribution in [0.3, 0.4) is 0 Å². The van der Waals surface area contributed by atoms with E-state index in [4.69, 9.17) is 0 Å². The number of Topliss-reactive ketones (excluding diaryl/α,β-unsaturated/α-hetero) is 1. The van der Waals surface area contributed by atoms with Crippen LogP contribution in [0, 0.1) is 12.8 Å². The highest BCUT2D eigenvalue weighted by Gasteiger charge is 2.29. The SMILES string of the molecule is CCCC(=O)c1ncc(-c2cc3cnc(NC(=O)C4CC4)cc3n(C)c2=O)c(C)n1. The number of nitrogens with one attached hydrogen (secondary N) is 1. The number of pyridine rings is 2. The molecule has 1 aliphatic carbocycles. The first kappa shape index (κ1) is 19.9. The van der Waals surface area contributed by atoms with Crippen molar-refractivity contribution in [2.75, 3.05) is 5.32 Å². The Balaban J connectivity index is 1.73. The van der Waals surface area contributed by atoms with Gasteiger partial charge in [-0.05, 0) is 32.3 Å². The molecule has 30 heavy (non-hydrogen) atoms. The van der Waals surface area contributed by atoms with E-state index in [1.807, 2.05) is 6.92 Å². The normalized spacial score (nSPS) is 13.4. The monoisotopic (exact) mass is 405 g/mol. The van der Waals surface area contributed by atoms with Gasteiger partial charge in [0.25, 0.3) is 5.56 Å². The Labute approximate surface area is 173 Å². The second-order valence-electron chi connectivity index (χ2n) is 7.68. The summed E-state index contributed by atoms with van der Waals surface area (Å²) in [6.45, 7) is 3.69. The van der Waals surface area contributed by atoms with Crippen LogP contribution in [-0.2, 0) is 11.8 Å². The van der Waals surface area contributed by atoms with Crippen molar-refractivity contribution in [3.63, 3.8) is 0 Å². The quantitative estimate of drug-likeness (QED) is 0.632. The molecule has 8 heteroatoms. The van der Waals surface area contributed by atoms with Crippen molar-refractivity contribution in [2.45, 2.75) is 39.5 Å². The molecule has 4 rings (SSSR count). The Bertz CT molecular complexity index is 1230. The minimum Gasteiger partial charge on any atom is -0.311 e. The molecule has 3 aromatic rings. The summed E-state index contributed by atoms with van der Waals surface area (Å²) in [5, 5.41) is 3.56. The van der Waals surface area contributed by atoms with Gasteiger partial charge in [0, 0.05) is 54.5 Å². The van der Waals surface area contributed by atoms with E-state index >= 15 is 0 Å². The molecule has 0 saturated heterocycles. The summed E-state index contributed by atoms with van der Waals surface area (Å²) in [6.07, 6.45) is 6.10. The van der Waals surface area contributed by atoms with Crippen molar-refractivity contribution in [1.82, 2.24) is 19.5 Å². The molecule has 1 fully saturated rings. The Morgan fingerprint density at radius 1 is 1.17 bits per heavy atom. The first-order valence-electron chi connectivity index (χ1n) is 10.1. The molecule has 1 N–H and O–H groups in total. The fourth-order valence-corrected chi connectivity index (χ4v) is 3.40. The van der Waals surface area contributed by atoms with Crippen molar-refractivity contribution in [1.29, 1.82) is 0 Å². The highest BCUT2D eigenvalue weighted by atomic mass is 16.2. The minimum absolute atomic E-state index is 0.0334. The summed E-state index contributed by atoms with van der Waals surface area (Å²) < 4.78 is 1.52. The maximum absolute atomic E-state index is 13.0. The van der Waals surface area contributed by atoms with Crippen molar-refractivity contribution < 1.29 is 9.59 Å². The molecule has 0 bridgehead atoms. The lowest BCUT2D eigenvalue weighted by molar-refractivity contribution is -0.117. The number of carbonyl (C=O) groups is 2. The van der Waals surface area contributed by atoms with E-state index in [0.29, 0.717) is 34.6 Å². The van der Waals surface area contributed by atoms with Gasteiger partial charge in [0.2, 0.25) is 5.91 Å². The van der Waals surface area contributed by atoms with Crippen LogP contribution < -0.4 is 10.9 Å². The summed E-state index contributed by atoms with van der Waals surface area (Å²) in [6, 6.07) is 3.45. The average molecular weight is 405 g/mol. The van der Waals surface area contributed by atoms with Gasteiger partial charge < -0.3 is 9.88 Å². The van der Waals surface area contributed by atoms with Crippen molar-refractivity contribution in [2.24, 2.45) is 13.0 Å². The second-order valence-corrected chi connectivity index (χ2v) is 7.68. The number of hydrogen-bond acceptors (Lipinski definition) is 6. The third-order valence-corrected chi connectivity index (χ3v) is 5.30. The Morgan fingerprint density at radius 2 is 1.93 bits per heavy atom. The van der Waals surface area contributed by atoms with Crippen LogP contribution in [0.2, 0.25) is 0 Å². The molecule has 0 spiro atoms. The fraction of sp³-hybridized carbons (Fsp3) is 0.364. The number of aromatic nitrogens is 4. The minimum atomic E-state index is -0.215. The molecule has 1 saturated carbocycles. The number of anilines is 1. The van der Waals surface area contributed by atoms with Crippen LogP contribution in [0.1, 0.15) is 48.9 Å². The molecule has 1 aliphatic rings. The lowest BCUT2D eigenvalue weighted by atomic mass is 10.1. The molecule has 8 nitrogen and oxygen atoms in total. The molecule has 154 valence electrons. The number of rotatable bonds is 6. The lowest BCUT2D eigenvalue weighted by Crippen LogP contribution is -2.20. The number of hydrogen-bond donors (Lipinski definition) is 1. The zero-order chi connectivity index (χ0) is 21.4. The van der Waals surface area contributed by atoms with Gasteiger partial charge in [-0.25, -0.2) is 15.0 Å². The smallest absolute Gasteiger partial charge is 0.258 e. The molecule has 0 aromatic carbocycles. The number of amides is 1. The second kappa shape index (κ2) is 7.78. The van der Waals surface area contributed by atoms with E-state index in [1.165, 1.54) is 10.8 Å². The fourth-order valence-electron chi connectivity index (χ4n) is 3.40. The van der Waals surface area contributed by atoms with Gasteiger partial charge in [0.15, 0.2) is 11.6 Å². The molecule has 0 radical (unpaired) electrons. The third-order valence-electron chi connectivity index (χ3n) is 5.30. The van der Waals surface area contributed by atoms with Gasteiger partial charge in [-0.15, -0.1) is 0 Å². The Kier molecular flexibility index (Phi) is 5.15. The summed E-state index contributed by atoms with van der Waals surface area (Å²) >= 11 is 0. The third kappa shape index (κ3) is 3.72. The highest BCUT2D eigenvalue weighted by Crippen LogP contribution is 2.30. The largest absolute Gasteiger partial charge is 0.311 e. The molecule has 1 amide bonds. The maximum Gasteiger partial charge on any atom is 0.258 e.